The van der Waals surface area contributed by atoms with Crippen LogP contribution in [0.1, 0.15) is 37.7 Å². The molecule has 154 valence electrons. The zero-order valence-corrected chi connectivity index (χ0v) is 16.6. The number of aliphatic imine (C=N–C) groups is 1. The molecule has 1 aromatic carbocycles. The normalized spacial score (nSPS) is 12.9. The molecule has 2 N–H and O–H groups in total. The third-order valence-corrected chi connectivity index (χ3v) is 4.55. The second-order valence-electron chi connectivity index (χ2n) is 7.11. The summed E-state index contributed by atoms with van der Waals surface area (Å²) >= 11 is 0. The third-order valence-electron chi connectivity index (χ3n) is 4.55. The molecule has 6 nitrogen and oxygen atoms in total. The van der Waals surface area contributed by atoms with Crippen LogP contribution in [-0.4, -0.2) is 40.9 Å². The second-order valence-corrected chi connectivity index (χ2v) is 7.11. The van der Waals surface area contributed by atoms with E-state index < -0.39 is 17.2 Å². The van der Waals surface area contributed by atoms with E-state index in [1.165, 1.54) is 12.1 Å². The molecule has 0 aliphatic rings. The maximum absolute atomic E-state index is 13.0. The zero-order chi connectivity index (χ0) is 20.8. The van der Waals surface area contributed by atoms with E-state index in [2.05, 4.69) is 25.8 Å². The maximum atomic E-state index is 13.0. The summed E-state index contributed by atoms with van der Waals surface area (Å²) in [4.78, 5) is 4.18. The standard InChI is InChI=1S/C19H27F3N6/c1-5-16-27-26-13-28(16)10-9-24-17(23-4)25-12-18(2,3)14-7-6-8-15(11-14)19(20,21)22/h6-8,11,13H,5,9-10,12H2,1-4H3,(H2,23,24,25). The van der Waals surface area contributed by atoms with Crippen molar-refractivity contribution in [1.29, 1.82) is 0 Å². The van der Waals surface area contributed by atoms with Gasteiger partial charge in [-0.1, -0.05) is 39.0 Å². The van der Waals surface area contributed by atoms with Gasteiger partial charge in [0.1, 0.15) is 12.2 Å². The van der Waals surface area contributed by atoms with Crippen molar-refractivity contribution in [3.8, 4) is 0 Å². The number of alkyl halides is 3. The lowest BCUT2D eigenvalue weighted by molar-refractivity contribution is -0.137. The molecule has 0 saturated heterocycles. The van der Waals surface area contributed by atoms with E-state index in [4.69, 9.17) is 0 Å². The fourth-order valence-electron chi connectivity index (χ4n) is 2.78. The highest BCUT2D eigenvalue weighted by Gasteiger charge is 2.32. The SMILES string of the molecule is CCc1nncn1CCNC(=NC)NCC(C)(C)c1cccc(C(F)(F)F)c1. The molecule has 9 heteroatoms. The molecule has 0 fully saturated rings. The van der Waals surface area contributed by atoms with Gasteiger partial charge in [-0.05, 0) is 11.6 Å². The Bertz CT molecular complexity index is 795. The number of guanidine groups is 1. The zero-order valence-electron chi connectivity index (χ0n) is 16.6. The van der Waals surface area contributed by atoms with Gasteiger partial charge in [-0.25, -0.2) is 0 Å². The van der Waals surface area contributed by atoms with Gasteiger partial charge in [-0.15, -0.1) is 10.2 Å². The van der Waals surface area contributed by atoms with E-state index in [-0.39, 0.29) is 0 Å². The largest absolute Gasteiger partial charge is 0.416 e. The summed E-state index contributed by atoms with van der Waals surface area (Å²) in [5.74, 6) is 1.50. The number of aromatic nitrogens is 3. The highest BCUT2D eigenvalue weighted by atomic mass is 19.4. The first-order valence-electron chi connectivity index (χ1n) is 9.16. The van der Waals surface area contributed by atoms with Crippen molar-refractivity contribution < 1.29 is 13.2 Å². The first kappa shape index (κ1) is 21.7. The first-order chi connectivity index (χ1) is 13.2. The van der Waals surface area contributed by atoms with Crippen LogP contribution < -0.4 is 10.6 Å². The average Bonchev–Trinajstić information content (AvgIpc) is 3.11. The van der Waals surface area contributed by atoms with Crippen molar-refractivity contribution >= 4 is 5.96 Å². The summed E-state index contributed by atoms with van der Waals surface area (Å²) in [5.41, 5.74) is -0.536. The van der Waals surface area contributed by atoms with Gasteiger partial charge in [-0.3, -0.25) is 4.99 Å². The summed E-state index contributed by atoms with van der Waals surface area (Å²) < 4.78 is 40.9. The van der Waals surface area contributed by atoms with Crippen molar-refractivity contribution in [3.05, 3.63) is 47.5 Å². The highest BCUT2D eigenvalue weighted by Crippen LogP contribution is 2.32. The summed E-state index contributed by atoms with van der Waals surface area (Å²) in [6, 6.07) is 5.45. The van der Waals surface area contributed by atoms with Crippen molar-refractivity contribution in [2.24, 2.45) is 4.99 Å². The minimum atomic E-state index is -4.35. The second kappa shape index (κ2) is 9.07. The maximum Gasteiger partial charge on any atom is 0.416 e. The number of rotatable bonds is 7. The van der Waals surface area contributed by atoms with Gasteiger partial charge < -0.3 is 15.2 Å². The monoisotopic (exact) mass is 396 g/mol. The molecule has 1 aromatic heterocycles. The van der Waals surface area contributed by atoms with E-state index >= 15 is 0 Å². The lowest BCUT2D eigenvalue weighted by atomic mass is 9.84. The van der Waals surface area contributed by atoms with Crippen LogP contribution in [0.2, 0.25) is 0 Å². The van der Waals surface area contributed by atoms with Gasteiger partial charge in [0.05, 0.1) is 5.56 Å². The van der Waals surface area contributed by atoms with Crippen LogP contribution in [0.5, 0.6) is 0 Å². The molecule has 0 radical (unpaired) electrons. The van der Waals surface area contributed by atoms with Crippen molar-refractivity contribution in [1.82, 2.24) is 25.4 Å². The number of nitrogens with one attached hydrogen (secondary N) is 2. The van der Waals surface area contributed by atoms with Gasteiger partial charge in [0.25, 0.3) is 0 Å². The van der Waals surface area contributed by atoms with Gasteiger partial charge in [-0.2, -0.15) is 13.2 Å². The fourth-order valence-corrected chi connectivity index (χ4v) is 2.78. The Labute approximate surface area is 163 Å². The average molecular weight is 396 g/mol. The minimum Gasteiger partial charge on any atom is -0.356 e. The number of benzene rings is 1. The Hall–Kier alpha value is -2.58. The molecule has 2 aromatic rings. The van der Waals surface area contributed by atoms with E-state index in [1.54, 1.807) is 19.4 Å². The van der Waals surface area contributed by atoms with Crippen LogP contribution in [0.4, 0.5) is 13.2 Å². The number of nitrogens with zero attached hydrogens (tertiary/aromatic N) is 4. The molecule has 0 saturated carbocycles. The van der Waals surface area contributed by atoms with Crippen molar-refractivity contribution in [3.63, 3.8) is 0 Å². The minimum absolute atomic E-state index is 0.431. The van der Waals surface area contributed by atoms with Gasteiger partial charge in [0, 0.05) is 38.5 Å². The topological polar surface area (TPSA) is 67.1 Å². The Morgan fingerprint density at radius 1 is 1.18 bits per heavy atom. The van der Waals surface area contributed by atoms with E-state index in [1.807, 2.05) is 25.3 Å². The van der Waals surface area contributed by atoms with Crippen LogP contribution >= 0.6 is 0 Å². The van der Waals surface area contributed by atoms with Crippen LogP contribution in [0.3, 0.4) is 0 Å². The lowest BCUT2D eigenvalue weighted by Gasteiger charge is -2.27. The van der Waals surface area contributed by atoms with E-state index in [0.717, 1.165) is 18.3 Å². The van der Waals surface area contributed by atoms with Gasteiger partial charge in [0.2, 0.25) is 0 Å². The molecule has 0 unspecified atom stereocenters. The predicted molar refractivity (Wildman–Crippen MR) is 103 cm³/mol. The van der Waals surface area contributed by atoms with Gasteiger partial charge in [0.15, 0.2) is 5.96 Å². The Balaban J connectivity index is 1.93. The summed E-state index contributed by atoms with van der Waals surface area (Å²) in [6.45, 7) is 7.55. The third kappa shape index (κ3) is 5.71. The lowest BCUT2D eigenvalue weighted by Crippen LogP contribution is -2.44. The molecule has 0 aliphatic heterocycles. The van der Waals surface area contributed by atoms with Crippen molar-refractivity contribution in [2.45, 2.75) is 45.3 Å². The molecular weight excluding hydrogens is 369 g/mol. The number of hydrogen-bond donors (Lipinski definition) is 2. The smallest absolute Gasteiger partial charge is 0.356 e. The molecule has 1 heterocycles. The first-order valence-corrected chi connectivity index (χ1v) is 9.16. The molecule has 0 bridgehead atoms. The van der Waals surface area contributed by atoms with Crippen LogP contribution in [0.15, 0.2) is 35.6 Å². The number of aryl methyl sites for hydroxylation is 1. The molecule has 28 heavy (non-hydrogen) atoms. The van der Waals surface area contributed by atoms with Crippen LogP contribution in [0, 0.1) is 0 Å². The quantitative estimate of drug-likeness (QED) is 0.558. The van der Waals surface area contributed by atoms with E-state index in [9.17, 15) is 13.2 Å². The molecule has 0 aliphatic carbocycles. The molecular formula is C19H27F3N6. The van der Waals surface area contributed by atoms with Gasteiger partial charge >= 0.3 is 6.18 Å². The molecule has 0 atom stereocenters. The summed E-state index contributed by atoms with van der Waals surface area (Å²) in [7, 11) is 1.66. The Kier molecular flexibility index (Phi) is 7.04. The number of halogens is 3. The Morgan fingerprint density at radius 3 is 2.54 bits per heavy atom. The molecule has 0 amide bonds. The molecule has 2 rings (SSSR count). The number of hydrogen-bond acceptors (Lipinski definition) is 3. The summed E-state index contributed by atoms with van der Waals surface area (Å²) in [5, 5.41) is 14.3. The Morgan fingerprint density at radius 2 is 1.89 bits per heavy atom. The van der Waals surface area contributed by atoms with Crippen LogP contribution in [-0.2, 0) is 24.6 Å². The predicted octanol–water partition coefficient (Wildman–Crippen LogP) is 3.00. The molecule has 0 spiro atoms. The highest BCUT2D eigenvalue weighted by molar-refractivity contribution is 5.79. The van der Waals surface area contributed by atoms with Crippen LogP contribution in [0.25, 0.3) is 0 Å². The summed E-state index contributed by atoms with van der Waals surface area (Å²) in [6.07, 6.45) is -1.86. The van der Waals surface area contributed by atoms with Crippen molar-refractivity contribution in [2.75, 3.05) is 20.1 Å². The fraction of sp³-hybridized carbons (Fsp3) is 0.526. The van der Waals surface area contributed by atoms with E-state index in [0.29, 0.717) is 31.2 Å².